The molecule has 6 atom stereocenters. The molecule has 10 heteroatoms. The van der Waals surface area contributed by atoms with Crippen LogP contribution in [0.25, 0.3) is 6.08 Å². The van der Waals surface area contributed by atoms with E-state index in [4.69, 9.17) is 14.2 Å². The van der Waals surface area contributed by atoms with E-state index >= 15 is 0 Å². The van der Waals surface area contributed by atoms with Crippen molar-refractivity contribution >= 4 is 18.0 Å². The molecule has 0 aliphatic carbocycles. The lowest BCUT2D eigenvalue weighted by atomic mass is 9.99. The largest absolute Gasteiger partial charge is 0.508 e. The quantitative estimate of drug-likeness (QED) is 0.298. The molecule has 0 radical (unpaired) electrons. The van der Waals surface area contributed by atoms with Crippen molar-refractivity contribution in [3.05, 3.63) is 47.9 Å². The fourth-order valence-electron chi connectivity index (χ4n) is 2.89. The standard InChI is InChI=1S/C20H23NO9/c1-10-8-14(21-19(10)27)30-20-18(26)17(25)16(24)13(29-20)9-28-15(23)7-4-11-2-5-12(22)6-3-11/h2-8,10,13,16-18,20,22,24-26H,9H2,1H3,(H,21,27)/b7-4+/t10-,13-,16-,17+,18-,20+/m1/s1. The van der Waals surface area contributed by atoms with Crippen LogP contribution in [0.1, 0.15) is 12.5 Å². The molecule has 162 valence electrons. The minimum absolute atomic E-state index is 0.0627. The number of aliphatic hydroxyl groups excluding tert-OH is 3. The van der Waals surface area contributed by atoms with Gasteiger partial charge in [0, 0.05) is 6.08 Å². The van der Waals surface area contributed by atoms with Crippen molar-refractivity contribution in [1.29, 1.82) is 0 Å². The van der Waals surface area contributed by atoms with Crippen LogP contribution >= 0.6 is 0 Å². The average Bonchev–Trinajstić information content (AvgIpc) is 3.04. The van der Waals surface area contributed by atoms with Gasteiger partial charge in [-0.2, -0.15) is 0 Å². The van der Waals surface area contributed by atoms with Crippen LogP contribution in [0.3, 0.4) is 0 Å². The number of ether oxygens (including phenoxy) is 3. The second kappa shape index (κ2) is 9.26. The van der Waals surface area contributed by atoms with Crippen LogP contribution in [0.15, 0.2) is 42.3 Å². The predicted octanol–water partition coefficient (Wildman–Crippen LogP) is -0.620. The summed E-state index contributed by atoms with van der Waals surface area (Å²) in [6.07, 6.45) is -3.18. The van der Waals surface area contributed by atoms with E-state index in [0.29, 0.717) is 5.56 Å². The third-order valence-electron chi connectivity index (χ3n) is 4.67. The summed E-state index contributed by atoms with van der Waals surface area (Å²) in [5, 5.41) is 42.0. The predicted molar refractivity (Wildman–Crippen MR) is 101 cm³/mol. The zero-order valence-corrected chi connectivity index (χ0v) is 16.0. The number of rotatable bonds is 6. The van der Waals surface area contributed by atoms with Gasteiger partial charge in [-0.25, -0.2) is 4.79 Å². The number of amides is 1. The van der Waals surface area contributed by atoms with Crippen LogP contribution in [0.4, 0.5) is 0 Å². The fourth-order valence-corrected chi connectivity index (χ4v) is 2.89. The van der Waals surface area contributed by atoms with E-state index in [2.05, 4.69) is 5.32 Å². The Labute approximate surface area is 172 Å². The first-order chi connectivity index (χ1) is 14.2. The van der Waals surface area contributed by atoms with Crippen LogP contribution in [0.2, 0.25) is 0 Å². The van der Waals surface area contributed by atoms with E-state index in [1.165, 1.54) is 24.3 Å². The molecule has 0 bridgehead atoms. The van der Waals surface area contributed by atoms with Gasteiger partial charge in [-0.05, 0) is 36.8 Å². The maximum Gasteiger partial charge on any atom is 0.330 e. The van der Waals surface area contributed by atoms with E-state index < -0.39 is 49.2 Å². The monoisotopic (exact) mass is 421 g/mol. The Morgan fingerprint density at radius 2 is 1.87 bits per heavy atom. The van der Waals surface area contributed by atoms with Crippen LogP contribution in [0.5, 0.6) is 5.75 Å². The van der Waals surface area contributed by atoms with Gasteiger partial charge in [-0.15, -0.1) is 0 Å². The molecular formula is C20H23NO9. The van der Waals surface area contributed by atoms with E-state index in [-0.39, 0.29) is 17.5 Å². The van der Waals surface area contributed by atoms with Crippen LogP contribution in [-0.2, 0) is 23.8 Å². The highest BCUT2D eigenvalue weighted by Crippen LogP contribution is 2.25. The lowest BCUT2D eigenvalue weighted by Crippen LogP contribution is -2.59. The van der Waals surface area contributed by atoms with Gasteiger partial charge in [0.1, 0.15) is 36.8 Å². The molecular weight excluding hydrogens is 398 g/mol. The molecule has 1 amide bonds. The van der Waals surface area contributed by atoms with Crippen molar-refractivity contribution in [1.82, 2.24) is 5.32 Å². The number of aromatic hydroxyl groups is 1. The molecule has 0 unspecified atom stereocenters. The molecule has 1 saturated heterocycles. The lowest BCUT2D eigenvalue weighted by molar-refractivity contribution is -0.292. The van der Waals surface area contributed by atoms with Crippen molar-refractivity contribution in [2.75, 3.05) is 6.61 Å². The van der Waals surface area contributed by atoms with E-state index in [9.17, 15) is 30.0 Å². The molecule has 0 spiro atoms. The van der Waals surface area contributed by atoms with Gasteiger partial charge in [0.25, 0.3) is 0 Å². The third-order valence-corrected chi connectivity index (χ3v) is 4.67. The summed E-state index contributed by atoms with van der Waals surface area (Å²) in [6.45, 7) is 1.24. The van der Waals surface area contributed by atoms with Gasteiger partial charge < -0.3 is 34.6 Å². The van der Waals surface area contributed by atoms with Crippen molar-refractivity contribution in [3.63, 3.8) is 0 Å². The molecule has 3 rings (SSSR count). The number of benzene rings is 1. The Bertz CT molecular complexity index is 835. The smallest absolute Gasteiger partial charge is 0.330 e. The van der Waals surface area contributed by atoms with Gasteiger partial charge >= 0.3 is 5.97 Å². The molecule has 1 aromatic carbocycles. The topological polar surface area (TPSA) is 155 Å². The maximum atomic E-state index is 11.9. The van der Waals surface area contributed by atoms with Crippen molar-refractivity contribution in [2.24, 2.45) is 5.92 Å². The Kier molecular flexibility index (Phi) is 6.73. The van der Waals surface area contributed by atoms with Crippen LogP contribution in [0, 0.1) is 5.92 Å². The highest BCUT2D eigenvalue weighted by Gasteiger charge is 2.46. The summed E-state index contributed by atoms with van der Waals surface area (Å²) in [4.78, 5) is 23.4. The molecule has 2 aliphatic rings. The number of aliphatic hydroxyl groups is 3. The van der Waals surface area contributed by atoms with Crippen molar-refractivity contribution in [2.45, 2.75) is 37.6 Å². The Morgan fingerprint density at radius 3 is 2.50 bits per heavy atom. The number of hydrogen-bond donors (Lipinski definition) is 5. The number of esters is 1. The number of carbonyl (C=O) groups is 2. The maximum absolute atomic E-state index is 11.9. The summed E-state index contributed by atoms with van der Waals surface area (Å²) in [5.74, 6) is -1.28. The number of nitrogens with one attached hydrogen (secondary N) is 1. The minimum Gasteiger partial charge on any atom is -0.508 e. The number of phenols is 1. The molecule has 2 heterocycles. The molecule has 1 fully saturated rings. The first-order valence-corrected chi connectivity index (χ1v) is 9.27. The highest BCUT2D eigenvalue weighted by atomic mass is 16.7. The summed E-state index contributed by atoms with van der Waals surface area (Å²) in [5.41, 5.74) is 0.659. The average molecular weight is 421 g/mol. The number of hydrogen-bond acceptors (Lipinski definition) is 9. The van der Waals surface area contributed by atoms with Gasteiger partial charge in [0.05, 0.1) is 5.92 Å². The molecule has 2 aliphatic heterocycles. The second-order valence-electron chi connectivity index (χ2n) is 7.00. The summed E-state index contributed by atoms with van der Waals surface area (Å²) in [7, 11) is 0. The van der Waals surface area contributed by atoms with Crippen molar-refractivity contribution < 1.29 is 44.2 Å². The van der Waals surface area contributed by atoms with Crippen LogP contribution in [-0.4, -0.2) is 69.6 Å². The summed E-state index contributed by atoms with van der Waals surface area (Å²) in [6, 6.07) is 6.13. The Morgan fingerprint density at radius 1 is 1.17 bits per heavy atom. The molecule has 1 aromatic rings. The van der Waals surface area contributed by atoms with Gasteiger partial charge in [0.2, 0.25) is 12.2 Å². The van der Waals surface area contributed by atoms with Gasteiger partial charge in [0.15, 0.2) is 5.88 Å². The third kappa shape index (κ3) is 5.16. The molecule has 0 saturated carbocycles. The van der Waals surface area contributed by atoms with Crippen LogP contribution < -0.4 is 5.32 Å². The first kappa shape index (κ1) is 21.8. The molecule has 10 nitrogen and oxygen atoms in total. The lowest BCUT2D eigenvalue weighted by Gasteiger charge is -2.39. The highest BCUT2D eigenvalue weighted by molar-refractivity contribution is 5.87. The molecule has 0 aromatic heterocycles. The summed E-state index contributed by atoms with van der Waals surface area (Å²) < 4.78 is 15.9. The van der Waals surface area contributed by atoms with E-state index in [1.807, 2.05) is 0 Å². The summed E-state index contributed by atoms with van der Waals surface area (Å²) >= 11 is 0. The zero-order chi connectivity index (χ0) is 21.8. The number of phenolic OH excluding ortho intramolecular Hbond substituents is 1. The minimum atomic E-state index is -1.62. The normalized spacial score (nSPS) is 31.3. The van der Waals surface area contributed by atoms with E-state index in [0.717, 1.165) is 6.08 Å². The molecule has 30 heavy (non-hydrogen) atoms. The fraction of sp³-hybridized carbons (Fsp3) is 0.400. The molecule has 5 N–H and O–H groups in total. The first-order valence-electron chi connectivity index (χ1n) is 9.27. The number of carbonyl (C=O) groups excluding carboxylic acids is 2. The van der Waals surface area contributed by atoms with E-state index in [1.54, 1.807) is 19.1 Å². The zero-order valence-electron chi connectivity index (χ0n) is 16.0. The van der Waals surface area contributed by atoms with Gasteiger partial charge in [-0.1, -0.05) is 12.1 Å². The SMILES string of the molecule is C[C@@H]1C=C(O[C@@H]2O[C@H](COC(=O)/C=C/c3ccc(O)cc3)[C@@H](O)[C@H](O)[C@H]2O)NC1=O. The van der Waals surface area contributed by atoms with Crippen molar-refractivity contribution in [3.8, 4) is 5.75 Å². The second-order valence-corrected chi connectivity index (χ2v) is 7.00. The van der Waals surface area contributed by atoms with Gasteiger partial charge in [-0.3, -0.25) is 10.1 Å². The Balaban J connectivity index is 1.56. The Hall–Kier alpha value is -2.92.